The maximum Gasteiger partial charge on any atom is 0.130 e. The fourth-order valence-electron chi connectivity index (χ4n) is 5.84. The Morgan fingerprint density at radius 2 is 1.06 bits per heavy atom. The second-order valence-electron chi connectivity index (χ2n) is 14.3. The van der Waals surface area contributed by atoms with Gasteiger partial charge < -0.3 is 9.64 Å². The first-order valence-electron chi connectivity index (χ1n) is 16.3. The number of nitrogens with zero attached hydrogens (tertiary/aromatic N) is 1. The van der Waals surface area contributed by atoms with Crippen LogP contribution in [-0.4, -0.2) is 0 Å². The van der Waals surface area contributed by atoms with Crippen LogP contribution in [0.1, 0.15) is 52.7 Å². The van der Waals surface area contributed by atoms with Gasteiger partial charge in [0.1, 0.15) is 11.5 Å². The van der Waals surface area contributed by atoms with Crippen molar-refractivity contribution in [2.45, 2.75) is 52.4 Å². The van der Waals surface area contributed by atoms with Gasteiger partial charge in [-0.25, -0.2) is 0 Å². The minimum Gasteiger partial charge on any atom is -0.457 e. The molecule has 0 saturated heterocycles. The van der Waals surface area contributed by atoms with Gasteiger partial charge in [0.25, 0.3) is 0 Å². The van der Waals surface area contributed by atoms with Gasteiger partial charge in [-0.05, 0) is 93.2 Å². The zero-order valence-corrected chi connectivity index (χ0v) is 31.6. The van der Waals surface area contributed by atoms with Crippen LogP contribution < -0.4 is 9.64 Å². The van der Waals surface area contributed by atoms with Crippen molar-refractivity contribution in [3.05, 3.63) is 160 Å². The van der Waals surface area contributed by atoms with E-state index in [1.54, 1.807) is 0 Å². The van der Waals surface area contributed by atoms with Crippen molar-refractivity contribution in [2.75, 3.05) is 4.90 Å². The molecule has 0 N–H and O–H groups in total. The highest BCUT2D eigenvalue weighted by Crippen LogP contribution is 2.45. The number of halogens is 2. The molecule has 0 bridgehead atoms. The van der Waals surface area contributed by atoms with Gasteiger partial charge in [0.2, 0.25) is 0 Å². The Kier molecular flexibility index (Phi) is 9.69. The average Bonchev–Trinajstić information content (AvgIpc) is 3.04. The van der Waals surface area contributed by atoms with Crippen LogP contribution in [0.2, 0.25) is 0 Å². The lowest BCUT2D eigenvalue weighted by Crippen LogP contribution is -2.16. The van der Waals surface area contributed by atoms with Gasteiger partial charge in [-0.1, -0.05) is 152 Å². The minimum absolute atomic E-state index is 0.0137. The normalized spacial score (nSPS) is 11.8. The Morgan fingerprint density at radius 1 is 0.458 bits per heavy atom. The molecule has 6 aromatic rings. The summed E-state index contributed by atoms with van der Waals surface area (Å²) in [5, 5.41) is 0. The number of benzene rings is 6. The molecule has 6 aromatic carbocycles. The number of hydrogen-bond donors (Lipinski definition) is 0. The van der Waals surface area contributed by atoms with Crippen LogP contribution in [0.4, 0.5) is 17.1 Å². The number of rotatable bonds is 7. The molecule has 2 nitrogen and oxygen atoms in total. The van der Waals surface area contributed by atoms with E-state index >= 15 is 0 Å². The lowest BCUT2D eigenvalue weighted by Gasteiger charge is -2.29. The van der Waals surface area contributed by atoms with Gasteiger partial charge in [-0.15, -0.1) is 0 Å². The monoisotopic (exact) mass is 757 g/mol. The Morgan fingerprint density at radius 3 is 1.71 bits per heavy atom. The zero-order chi connectivity index (χ0) is 34.1. The maximum atomic E-state index is 6.65. The third-order valence-corrected chi connectivity index (χ3v) is 9.46. The first-order chi connectivity index (χ1) is 22.8. The molecule has 0 radical (unpaired) electrons. The van der Waals surface area contributed by atoms with E-state index in [0.717, 1.165) is 54.2 Å². The van der Waals surface area contributed by atoms with E-state index in [0.29, 0.717) is 0 Å². The molecule has 4 heteroatoms. The average molecular weight is 760 g/mol. The lowest BCUT2D eigenvalue weighted by atomic mass is 9.79. The van der Waals surface area contributed by atoms with Gasteiger partial charge >= 0.3 is 0 Å². The van der Waals surface area contributed by atoms with Gasteiger partial charge in [0.05, 0.1) is 11.4 Å². The summed E-state index contributed by atoms with van der Waals surface area (Å²) in [4.78, 5) is 2.34. The van der Waals surface area contributed by atoms with Crippen molar-refractivity contribution >= 4 is 48.9 Å². The molecule has 0 unspecified atom stereocenters. The van der Waals surface area contributed by atoms with Gasteiger partial charge in [0, 0.05) is 26.3 Å². The summed E-state index contributed by atoms with van der Waals surface area (Å²) in [6.07, 6.45) is 0. The standard InChI is InChI=1S/C44H41Br2NO/c1-43(2,3)33-22-31(23-34(26-33)44(4,5)6)32-24-38(29-40(25-32)48-39-19-13-17-36(46)28-39)47(37-18-12-16-35(45)27-37)42-21-11-10-20-41(42)30-14-8-7-9-15-30/h7-29H,1-6H3. The fourth-order valence-corrected chi connectivity index (χ4v) is 6.60. The van der Waals surface area contributed by atoms with Crippen LogP contribution in [0.25, 0.3) is 22.3 Å². The molecule has 0 aliphatic rings. The summed E-state index contributed by atoms with van der Waals surface area (Å²) in [7, 11) is 0. The van der Waals surface area contributed by atoms with Crippen molar-refractivity contribution in [2.24, 2.45) is 0 Å². The molecule has 6 rings (SSSR count). The fraction of sp³-hybridized carbons (Fsp3) is 0.182. The van der Waals surface area contributed by atoms with Crippen molar-refractivity contribution in [3.63, 3.8) is 0 Å². The molecule has 0 aromatic heterocycles. The third-order valence-electron chi connectivity index (χ3n) is 8.48. The highest BCUT2D eigenvalue weighted by Gasteiger charge is 2.23. The van der Waals surface area contributed by atoms with Gasteiger partial charge in [-0.2, -0.15) is 0 Å². The molecule has 0 atom stereocenters. The Bertz CT molecular complexity index is 2020. The van der Waals surface area contributed by atoms with Crippen molar-refractivity contribution in [1.29, 1.82) is 0 Å². The predicted octanol–water partition coefficient (Wildman–Crippen LogP) is 14.4. The van der Waals surface area contributed by atoms with Crippen LogP contribution in [0.5, 0.6) is 11.5 Å². The number of hydrogen-bond acceptors (Lipinski definition) is 2. The highest BCUT2D eigenvalue weighted by atomic mass is 79.9. The summed E-state index contributed by atoms with van der Waals surface area (Å²) < 4.78 is 8.63. The van der Waals surface area contributed by atoms with E-state index in [4.69, 9.17) is 4.74 Å². The Balaban J connectivity index is 1.64. The number of anilines is 3. The topological polar surface area (TPSA) is 12.5 Å². The van der Waals surface area contributed by atoms with Crippen molar-refractivity contribution in [1.82, 2.24) is 0 Å². The minimum atomic E-state index is -0.0137. The second-order valence-corrected chi connectivity index (χ2v) is 16.1. The smallest absolute Gasteiger partial charge is 0.130 e. The molecule has 0 aliphatic heterocycles. The van der Waals surface area contributed by atoms with E-state index < -0.39 is 0 Å². The SMILES string of the molecule is CC(C)(C)c1cc(-c2cc(Oc3cccc(Br)c3)cc(N(c3cccc(Br)c3)c3ccccc3-c3ccccc3)c2)cc(C(C)(C)C)c1. The Labute approximate surface area is 302 Å². The molecular weight excluding hydrogens is 718 g/mol. The second kappa shape index (κ2) is 13.8. The zero-order valence-electron chi connectivity index (χ0n) is 28.4. The summed E-state index contributed by atoms with van der Waals surface area (Å²) >= 11 is 7.38. The predicted molar refractivity (Wildman–Crippen MR) is 211 cm³/mol. The molecule has 48 heavy (non-hydrogen) atoms. The van der Waals surface area contributed by atoms with Crippen molar-refractivity contribution < 1.29 is 4.74 Å². The van der Waals surface area contributed by atoms with Crippen LogP contribution in [0.15, 0.2) is 148 Å². The van der Waals surface area contributed by atoms with E-state index in [9.17, 15) is 0 Å². The molecule has 0 spiro atoms. The summed E-state index contributed by atoms with van der Waals surface area (Å²) in [5.74, 6) is 1.53. The van der Waals surface area contributed by atoms with E-state index in [2.05, 4.69) is 194 Å². The van der Waals surface area contributed by atoms with Gasteiger partial charge in [-0.3, -0.25) is 0 Å². The first kappa shape index (κ1) is 33.8. The summed E-state index contributed by atoms with van der Waals surface area (Å²) in [5.41, 5.74) is 10.3. The molecule has 0 heterocycles. The maximum absolute atomic E-state index is 6.65. The van der Waals surface area contributed by atoms with E-state index in [-0.39, 0.29) is 10.8 Å². The molecule has 0 saturated carbocycles. The molecule has 0 aliphatic carbocycles. The Hall–Kier alpha value is -4.12. The summed E-state index contributed by atoms with van der Waals surface area (Å²) in [6, 6.07) is 49.3. The highest BCUT2D eigenvalue weighted by molar-refractivity contribution is 9.10. The first-order valence-corrected chi connectivity index (χ1v) is 17.9. The van der Waals surface area contributed by atoms with Crippen molar-refractivity contribution in [3.8, 4) is 33.8 Å². The van der Waals surface area contributed by atoms with Gasteiger partial charge in [0.15, 0.2) is 0 Å². The largest absolute Gasteiger partial charge is 0.457 e. The third kappa shape index (κ3) is 7.77. The van der Waals surface area contributed by atoms with Crippen LogP contribution >= 0.6 is 31.9 Å². The van der Waals surface area contributed by atoms with Crippen LogP contribution in [-0.2, 0) is 10.8 Å². The molecule has 242 valence electrons. The number of para-hydroxylation sites is 1. The molecular formula is C44H41Br2NO. The van der Waals surface area contributed by atoms with Crippen LogP contribution in [0, 0.1) is 0 Å². The van der Waals surface area contributed by atoms with E-state index in [1.807, 2.05) is 24.3 Å². The number of ether oxygens (including phenoxy) is 1. The quantitative estimate of drug-likeness (QED) is 0.161. The molecule has 0 fully saturated rings. The lowest BCUT2D eigenvalue weighted by molar-refractivity contribution is 0.482. The van der Waals surface area contributed by atoms with E-state index in [1.165, 1.54) is 16.7 Å². The van der Waals surface area contributed by atoms with Crippen LogP contribution in [0.3, 0.4) is 0 Å². The summed E-state index contributed by atoms with van der Waals surface area (Å²) in [6.45, 7) is 13.7. The molecule has 0 amide bonds.